The van der Waals surface area contributed by atoms with Crippen LogP contribution in [0.1, 0.15) is 16.7 Å². The molecule has 0 saturated heterocycles. The number of benzene rings is 2. The summed E-state index contributed by atoms with van der Waals surface area (Å²) in [5, 5.41) is 16.0. The molecule has 3 aromatic rings. The van der Waals surface area contributed by atoms with Gasteiger partial charge in [-0.1, -0.05) is 42.5 Å². The zero-order valence-electron chi connectivity index (χ0n) is 13.4. The summed E-state index contributed by atoms with van der Waals surface area (Å²) in [6.07, 6.45) is 1.07. The van der Waals surface area contributed by atoms with Gasteiger partial charge in [0, 0.05) is 12.1 Å². The molecule has 0 saturated carbocycles. The summed E-state index contributed by atoms with van der Waals surface area (Å²) in [5.74, 6) is 0.631. The topological polar surface area (TPSA) is 64.9 Å². The highest BCUT2D eigenvalue weighted by Gasteiger charge is 2.12. The number of tetrazole rings is 1. The number of ether oxygens (including phenoxy) is 1. The van der Waals surface area contributed by atoms with E-state index in [2.05, 4.69) is 38.9 Å². The van der Waals surface area contributed by atoms with Crippen LogP contribution in [0.5, 0.6) is 0 Å². The lowest BCUT2D eigenvalue weighted by Crippen LogP contribution is -2.23. The van der Waals surface area contributed by atoms with E-state index < -0.39 is 0 Å². The van der Waals surface area contributed by atoms with Gasteiger partial charge in [-0.25, -0.2) is 0 Å². The summed E-state index contributed by atoms with van der Waals surface area (Å²) in [4.78, 5) is 1.48. The van der Waals surface area contributed by atoms with E-state index in [-0.39, 0.29) is 6.73 Å². The zero-order valence-corrected chi connectivity index (χ0v) is 13.4. The molecule has 6 nitrogen and oxygen atoms in total. The first-order valence-corrected chi connectivity index (χ1v) is 8.11. The van der Waals surface area contributed by atoms with E-state index in [9.17, 15) is 0 Å². The second-order valence-electron chi connectivity index (χ2n) is 5.86. The summed E-state index contributed by atoms with van der Waals surface area (Å²) >= 11 is 0. The number of hydrogen-bond acceptors (Lipinski definition) is 5. The van der Waals surface area contributed by atoms with E-state index in [1.807, 2.05) is 30.3 Å². The number of fused-ring (bicyclic) bond motifs is 1. The molecule has 0 fully saturated rings. The molecule has 24 heavy (non-hydrogen) atoms. The Hall–Kier alpha value is -2.57. The molecule has 2 aromatic carbocycles. The molecular formula is C18H19N5O. The molecule has 6 heteroatoms. The Balaban J connectivity index is 1.41. The van der Waals surface area contributed by atoms with Gasteiger partial charge in [-0.2, -0.15) is 0 Å². The van der Waals surface area contributed by atoms with Crippen LogP contribution in [0.2, 0.25) is 0 Å². The van der Waals surface area contributed by atoms with Crippen LogP contribution in [0.3, 0.4) is 0 Å². The van der Waals surface area contributed by atoms with Crippen molar-refractivity contribution >= 4 is 0 Å². The molecular weight excluding hydrogens is 302 g/mol. The first-order valence-electron chi connectivity index (χ1n) is 8.11. The Kier molecular flexibility index (Phi) is 4.31. The molecule has 0 unspecified atom stereocenters. The standard InChI is InChI=1S/C18H19N5O/c1-2-4-14(5-3-1)12-24-13-23-21-18(20-22-23)16-7-6-15-8-9-19-11-17(15)10-16/h1-7,10,19H,8-9,11-13H2. The molecule has 4 rings (SSSR count). The fraction of sp³-hybridized carbons (Fsp3) is 0.278. The maximum atomic E-state index is 5.63. The van der Waals surface area contributed by atoms with E-state index in [1.165, 1.54) is 15.9 Å². The highest BCUT2D eigenvalue weighted by molar-refractivity contribution is 5.56. The summed E-state index contributed by atoms with van der Waals surface area (Å²) in [5.41, 5.74) is 4.83. The van der Waals surface area contributed by atoms with E-state index in [0.717, 1.165) is 30.6 Å². The van der Waals surface area contributed by atoms with Crippen molar-refractivity contribution in [3.05, 3.63) is 65.2 Å². The van der Waals surface area contributed by atoms with Crippen LogP contribution >= 0.6 is 0 Å². The Morgan fingerprint density at radius 1 is 1.08 bits per heavy atom. The second kappa shape index (κ2) is 6.90. The number of nitrogens with zero attached hydrogens (tertiary/aromatic N) is 4. The van der Waals surface area contributed by atoms with Crippen molar-refractivity contribution in [2.45, 2.75) is 26.3 Å². The fourth-order valence-corrected chi connectivity index (χ4v) is 2.85. The van der Waals surface area contributed by atoms with Crippen LogP contribution < -0.4 is 5.32 Å². The SMILES string of the molecule is c1ccc(COCn2nnc(-c3ccc4c(c3)CNCC4)n2)cc1. The number of nitrogens with one attached hydrogen (secondary N) is 1. The monoisotopic (exact) mass is 321 g/mol. The Morgan fingerprint density at radius 2 is 2.00 bits per heavy atom. The van der Waals surface area contributed by atoms with Crippen LogP contribution in [-0.2, 0) is 31.0 Å². The minimum Gasteiger partial charge on any atom is -0.353 e. The molecule has 1 aromatic heterocycles. The van der Waals surface area contributed by atoms with Crippen LogP contribution in [0.4, 0.5) is 0 Å². The zero-order chi connectivity index (χ0) is 16.2. The molecule has 1 N–H and O–H groups in total. The number of rotatable bonds is 5. The van der Waals surface area contributed by atoms with Crippen LogP contribution in [0.25, 0.3) is 11.4 Å². The fourth-order valence-electron chi connectivity index (χ4n) is 2.85. The maximum absolute atomic E-state index is 5.63. The Bertz CT molecular complexity index is 815. The third kappa shape index (κ3) is 3.34. The predicted octanol–water partition coefficient (Wildman–Crippen LogP) is 2.16. The summed E-state index contributed by atoms with van der Waals surface area (Å²) in [6.45, 7) is 2.76. The lowest BCUT2D eigenvalue weighted by atomic mass is 9.98. The lowest BCUT2D eigenvalue weighted by Gasteiger charge is -2.17. The second-order valence-corrected chi connectivity index (χ2v) is 5.86. The molecule has 0 amide bonds. The van der Waals surface area contributed by atoms with Gasteiger partial charge in [0.1, 0.15) is 0 Å². The minimum atomic E-state index is 0.286. The predicted molar refractivity (Wildman–Crippen MR) is 89.9 cm³/mol. The highest BCUT2D eigenvalue weighted by Crippen LogP contribution is 2.21. The summed E-state index contributed by atoms with van der Waals surface area (Å²) < 4.78 is 5.63. The molecule has 1 aliphatic rings. The van der Waals surface area contributed by atoms with Crippen molar-refractivity contribution in [1.29, 1.82) is 0 Å². The van der Waals surface area contributed by atoms with Crippen molar-refractivity contribution in [1.82, 2.24) is 25.5 Å². The Morgan fingerprint density at radius 3 is 2.92 bits per heavy atom. The summed E-state index contributed by atoms with van der Waals surface area (Å²) in [6, 6.07) is 16.4. The molecule has 2 heterocycles. The van der Waals surface area contributed by atoms with Crippen molar-refractivity contribution < 1.29 is 4.74 Å². The van der Waals surface area contributed by atoms with Gasteiger partial charge >= 0.3 is 0 Å². The first kappa shape index (κ1) is 15.0. The van der Waals surface area contributed by atoms with Gasteiger partial charge in [0.25, 0.3) is 0 Å². The Labute approximate surface area is 140 Å². The van der Waals surface area contributed by atoms with Crippen LogP contribution in [0.15, 0.2) is 48.5 Å². The molecule has 122 valence electrons. The van der Waals surface area contributed by atoms with Crippen molar-refractivity contribution in [2.75, 3.05) is 6.54 Å². The molecule has 0 bridgehead atoms. The molecule has 0 spiro atoms. The van der Waals surface area contributed by atoms with Crippen molar-refractivity contribution in [3.63, 3.8) is 0 Å². The van der Waals surface area contributed by atoms with Crippen molar-refractivity contribution in [3.8, 4) is 11.4 Å². The van der Waals surface area contributed by atoms with Gasteiger partial charge in [-0.3, -0.25) is 0 Å². The third-order valence-electron chi connectivity index (χ3n) is 4.12. The lowest BCUT2D eigenvalue weighted by molar-refractivity contribution is 0.0459. The first-order chi connectivity index (χ1) is 11.9. The largest absolute Gasteiger partial charge is 0.353 e. The van der Waals surface area contributed by atoms with Gasteiger partial charge < -0.3 is 10.1 Å². The van der Waals surface area contributed by atoms with E-state index >= 15 is 0 Å². The molecule has 0 radical (unpaired) electrons. The quantitative estimate of drug-likeness (QED) is 0.780. The number of aromatic nitrogens is 4. The van der Waals surface area contributed by atoms with Gasteiger partial charge in [0.2, 0.25) is 5.82 Å². The smallest absolute Gasteiger partial charge is 0.205 e. The molecule has 0 atom stereocenters. The normalized spacial score (nSPS) is 13.7. The van der Waals surface area contributed by atoms with Gasteiger partial charge in [0.15, 0.2) is 6.73 Å². The number of hydrogen-bond donors (Lipinski definition) is 1. The van der Waals surface area contributed by atoms with Crippen LogP contribution in [-0.4, -0.2) is 26.8 Å². The van der Waals surface area contributed by atoms with E-state index in [0.29, 0.717) is 12.4 Å². The van der Waals surface area contributed by atoms with Crippen LogP contribution in [0, 0.1) is 0 Å². The van der Waals surface area contributed by atoms with E-state index in [4.69, 9.17) is 4.74 Å². The van der Waals surface area contributed by atoms with Gasteiger partial charge in [-0.05, 0) is 40.9 Å². The van der Waals surface area contributed by atoms with Gasteiger partial charge in [0.05, 0.1) is 6.61 Å². The third-order valence-corrected chi connectivity index (χ3v) is 4.12. The average Bonchev–Trinajstić information content (AvgIpc) is 3.11. The molecule has 0 aliphatic carbocycles. The maximum Gasteiger partial charge on any atom is 0.205 e. The minimum absolute atomic E-state index is 0.286. The van der Waals surface area contributed by atoms with Crippen molar-refractivity contribution in [2.24, 2.45) is 0 Å². The highest BCUT2D eigenvalue weighted by atomic mass is 16.5. The average molecular weight is 321 g/mol. The summed E-state index contributed by atoms with van der Waals surface area (Å²) in [7, 11) is 0. The van der Waals surface area contributed by atoms with Gasteiger partial charge in [-0.15, -0.1) is 15.0 Å². The molecule has 1 aliphatic heterocycles. The van der Waals surface area contributed by atoms with E-state index in [1.54, 1.807) is 0 Å².